The van der Waals surface area contributed by atoms with Gasteiger partial charge in [-0.3, -0.25) is 9.59 Å². The maximum Gasteiger partial charge on any atom is 0.237 e. The lowest BCUT2D eigenvalue weighted by Gasteiger charge is -2.30. The van der Waals surface area contributed by atoms with Gasteiger partial charge in [-0.25, -0.2) is 0 Å². The number of anilines is 1. The molecule has 0 fully saturated rings. The van der Waals surface area contributed by atoms with Crippen LogP contribution in [-0.2, 0) is 4.79 Å². The van der Waals surface area contributed by atoms with Crippen LogP contribution in [0.15, 0.2) is 18.2 Å². The molecule has 17 heavy (non-hydrogen) atoms. The van der Waals surface area contributed by atoms with Crippen LogP contribution in [-0.4, -0.2) is 18.7 Å². The van der Waals surface area contributed by atoms with Crippen molar-refractivity contribution in [3.63, 3.8) is 0 Å². The van der Waals surface area contributed by atoms with Crippen LogP contribution < -0.4 is 4.90 Å². The van der Waals surface area contributed by atoms with Crippen molar-refractivity contribution in [3.05, 3.63) is 28.8 Å². The van der Waals surface area contributed by atoms with Gasteiger partial charge in [0.25, 0.3) is 0 Å². The van der Waals surface area contributed by atoms with E-state index in [2.05, 4.69) is 0 Å². The van der Waals surface area contributed by atoms with E-state index in [1.165, 1.54) is 0 Å². The van der Waals surface area contributed by atoms with Crippen LogP contribution >= 0.6 is 11.6 Å². The molecule has 1 atom stereocenters. The first-order chi connectivity index (χ1) is 8.06. The average Bonchev–Trinajstić information content (AvgIpc) is 2.32. The summed E-state index contributed by atoms with van der Waals surface area (Å²) < 4.78 is 0. The minimum atomic E-state index is -0.545. The van der Waals surface area contributed by atoms with E-state index >= 15 is 0 Å². The molecule has 0 spiro atoms. The van der Waals surface area contributed by atoms with E-state index in [0.29, 0.717) is 22.7 Å². The summed E-state index contributed by atoms with van der Waals surface area (Å²) >= 11 is 5.90. The molecule has 90 valence electrons. The number of hydrogen-bond donors (Lipinski definition) is 0. The molecule has 1 aliphatic rings. The van der Waals surface area contributed by atoms with Crippen molar-refractivity contribution in [2.24, 2.45) is 5.92 Å². The van der Waals surface area contributed by atoms with Gasteiger partial charge in [0.15, 0.2) is 5.78 Å². The van der Waals surface area contributed by atoms with Gasteiger partial charge in [0.1, 0.15) is 5.92 Å². The third kappa shape index (κ3) is 1.95. The second kappa shape index (κ2) is 4.49. The standard InChI is InChI=1S/C13H14ClNO2/c1-3-4-9-12(16)10-7-8(14)5-6-11(10)15(2)13(9)17/h5-7,9H,3-4H2,1-2H3. The third-order valence-electron chi connectivity index (χ3n) is 3.11. The summed E-state index contributed by atoms with van der Waals surface area (Å²) in [5, 5.41) is 0.523. The lowest BCUT2D eigenvalue weighted by atomic mass is 9.87. The van der Waals surface area contributed by atoms with Crippen LogP contribution in [0.4, 0.5) is 5.69 Å². The van der Waals surface area contributed by atoms with E-state index in [0.717, 1.165) is 6.42 Å². The van der Waals surface area contributed by atoms with E-state index < -0.39 is 5.92 Å². The first-order valence-electron chi connectivity index (χ1n) is 5.67. The molecule has 1 amide bonds. The molecule has 2 rings (SSSR count). The zero-order valence-electron chi connectivity index (χ0n) is 9.87. The number of benzene rings is 1. The van der Waals surface area contributed by atoms with Crippen molar-refractivity contribution in [3.8, 4) is 0 Å². The molecular formula is C13H14ClNO2. The van der Waals surface area contributed by atoms with E-state index in [1.54, 1.807) is 30.1 Å². The lowest BCUT2D eigenvalue weighted by molar-refractivity contribution is -0.121. The summed E-state index contributed by atoms with van der Waals surface area (Å²) in [6, 6.07) is 5.05. The van der Waals surface area contributed by atoms with Crippen molar-refractivity contribution in [1.29, 1.82) is 0 Å². The molecule has 3 nitrogen and oxygen atoms in total. The normalized spacial score (nSPS) is 19.5. The second-order valence-electron chi connectivity index (χ2n) is 4.26. The summed E-state index contributed by atoms with van der Waals surface area (Å²) in [6.07, 6.45) is 1.40. The molecule has 1 heterocycles. The largest absolute Gasteiger partial charge is 0.314 e. The summed E-state index contributed by atoms with van der Waals surface area (Å²) in [6.45, 7) is 1.97. The van der Waals surface area contributed by atoms with Crippen LogP contribution in [0.5, 0.6) is 0 Å². The Morgan fingerprint density at radius 2 is 2.06 bits per heavy atom. The highest BCUT2D eigenvalue weighted by Gasteiger charge is 2.36. The number of halogens is 1. The number of Topliss-reactive ketones (excluding diaryl/α,β-unsaturated/α-hetero) is 1. The van der Waals surface area contributed by atoms with Crippen LogP contribution in [0.25, 0.3) is 0 Å². The fraction of sp³-hybridized carbons (Fsp3) is 0.385. The molecule has 4 heteroatoms. The molecular weight excluding hydrogens is 238 g/mol. The van der Waals surface area contributed by atoms with E-state index in [9.17, 15) is 9.59 Å². The van der Waals surface area contributed by atoms with Gasteiger partial charge >= 0.3 is 0 Å². The van der Waals surface area contributed by atoms with E-state index in [-0.39, 0.29) is 11.7 Å². The predicted octanol–water partition coefficient (Wildman–Crippen LogP) is 2.92. The highest BCUT2D eigenvalue weighted by Crippen LogP contribution is 2.33. The average molecular weight is 252 g/mol. The Labute approximate surface area is 105 Å². The fourth-order valence-electron chi connectivity index (χ4n) is 2.19. The Morgan fingerprint density at radius 1 is 1.35 bits per heavy atom. The Bertz CT molecular complexity index is 484. The van der Waals surface area contributed by atoms with Gasteiger partial charge in [-0.05, 0) is 24.6 Å². The highest BCUT2D eigenvalue weighted by molar-refractivity contribution is 6.32. The molecule has 0 saturated carbocycles. The molecule has 1 unspecified atom stereocenters. The number of rotatable bonds is 2. The van der Waals surface area contributed by atoms with Crippen molar-refractivity contribution < 1.29 is 9.59 Å². The molecule has 0 N–H and O–H groups in total. The fourth-order valence-corrected chi connectivity index (χ4v) is 2.37. The Hall–Kier alpha value is -1.35. The van der Waals surface area contributed by atoms with E-state index in [4.69, 9.17) is 11.6 Å². The van der Waals surface area contributed by atoms with Gasteiger partial charge in [-0.15, -0.1) is 0 Å². The van der Waals surface area contributed by atoms with E-state index in [1.807, 2.05) is 6.92 Å². The van der Waals surface area contributed by atoms with Gasteiger partial charge in [-0.1, -0.05) is 24.9 Å². The number of nitrogens with zero attached hydrogens (tertiary/aromatic N) is 1. The molecule has 0 aliphatic carbocycles. The number of ketones is 1. The van der Waals surface area contributed by atoms with Gasteiger partial charge in [0, 0.05) is 17.6 Å². The van der Waals surface area contributed by atoms with Crippen molar-refractivity contribution in [1.82, 2.24) is 0 Å². The zero-order chi connectivity index (χ0) is 12.6. The molecule has 0 saturated heterocycles. The number of hydrogen-bond acceptors (Lipinski definition) is 2. The smallest absolute Gasteiger partial charge is 0.237 e. The molecule has 1 aromatic rings. The minimum Gasteiger partial charge on any atom is -0.314 e. The molecule has 0 bridgehead atoms. The second-order valence-corrected chi connectivity index (χ2v) is 4.70. The van der Waals surface area contributed by atoms with Crippen molar-refractivity contribution in [2.45, 2.75) is 19.8 Å². The summed E-state index contributed by atoms with van der Waals surface area (Å²) in [7, 11) is 1.70. The minimum absolute atomic E-state index is 0.104. The quantitative estimate of drug-likeness (QED) is 0.758. The first kappa shape index (κ1) is 12.1. The van der Waals surface area contributed by atoms with Crippen LogP contribution in [0.2, 0.25) is 5.02 Å². The third-order valence-corrected chi connectivity index (χ3v) is 3.34. The summed E-state index contributed by atoms with van der Waals surface area (Å²) in [5.41, 5.74) is 1.20. The van der Waals surface area contributed by atoms with Gasteiger partial charge in [0.2, 0.25) is 5.91 Å². The van der Waals surface area contributed by atoms with Crippen molar-refractivity contribution in [2.75, 3.05) is 11.9 Å². The predicted molar refractivity (Wildman–Crippen MR) is 67.6 cm³/mol. The number of amides is 1. The van der Waals surface area contributed by atoms with Crippen LogP contribution in [0, 0.1) is 5.92 Å². The highest BCUT2D eigenvalue weighted by atomic mass is 35.5. The summed E-state index contributed by atoms with van der Waals surface area (Å²) in [4.78, 5) is 25.8. The maximum atomic E-state index is 12.2. The topological polar surface area (TPSA) is 37.4 Å². The molecule has 1 aliphatic heterocycles. The van der Waals surface area contributed by atoms with Gasteiger partial charge < -0.3 is 4.90 Å². The van der Waals surface area contributed by atoms with Gasteiger partial charge in [-0.2, -0.15) is 0 Å². The Morgan fingerprint density at radius 3 is 2.71 bits per heavy atom. The maximum absolute atomic E-state index is 12.2. The van der Waals surface area contributed by atoms with Crippen molar-refractivity contribution >= 4 is 29.0 Å². The molecule has 0 aromatic heterocycles. The zero-order valence-corrected chi connectivity index (χ0v) is 10.6. The monoisotopic (exact) mass is 251 g/mol. The first-order valence-corrected chi connectivity index (χ1v) is 6.05. The van der Waals surface area contributed by atoms with Gasteiger partial charge in [0.05, 0.1) is 5.69 Å². The SMILES string of the molecule is CCCC1C(=O)c2cc(Cl)ccc2N(C)C1=O. The Kier molecular flexibility index (Phi) is 3.20. The lowest BCUT2D eigenvalue weighted by Crippen LogP contribution is -2.42. The molecule has 1 aromatic carbocycles. The molecule has 0 radical (unpaired) electrons. The number of carbonyl (C=O) groups is 2. The van der Waals surface area contributed by atoms with Crippen LogP contribution in [0.3, 0.4) is 0 Å². The number of carbonyl (C=O) groups excluding carboxylic acids is 2. The van der Waals surface area contributed by atoms with Crippen LogP contribution in [0.1, 0.15) is 30.1 Å². The Balaban J connectivity index is 2.51. The summed E-state index contributed by atoms with van der Waals surface area (Å²) in [5.74, 6) is -0.768. The number of fused-ring (bicyclic) bond motifs is 1.